The summed E-state index contributed by atoms with van der Waals surface area (Å²) >= 11 is 3.42. The molecule has 0 amide bonds. The third-order valence-corrected chi connectivity index (χ3v) is 10.3. The molecule has 0 saturated heterocycles. The zero-order valence-electron chi connectivity index (χ0n) is 27.6. The summed E-state index contributed by atoms with van der Waals surface area (Å²) in [6, 6.07) is 26.3. The van der Waals surface area contributed by atoms with Crippen LogP contribution in [-0.2, 0) is 6.42 Å². The number of aryl methyl sites for hydroxylation is 1. The van der Waals surface area contributed by atoms with E-state index in [0.717, 1.165) is 58.2 Å². The topological polar surface area (TPSA) is 116 Å². The number of hydrogen-bond donors (Lipinski definition) is 3. The van der Waals surface area contributed by atoms with Crippen molar-refractivity contribution in [1.29, 1.82) is 0 Å². The number of aromatic nitrogens is 4. The lowest BCUT2D eigenvalue weighted by atomic mass is 9.50. The van der Waals surface area contributed by atoms with Crippen LogP contribution in [0.25, 0.3) is 0 Å². The van der Waals surface area contributed by atoms with Crippen LogP contribution in [0.3, 0.4) is 0 Å². The fourth-order valence-corrected chi connectivity index (χ4v) is 7.70. The molecule has 0 aliphatic heterocycles. The Kier molecular flexibility index (Phi) is 12.5. The van der Waals surface area contributed by atoms with Gasteiger partial charge in [0.25, 0.3) is 0 Å². The largest absolute Gasteiger partial charge is 0.354 e. The molecule has 7 nitrogen and oxygen atoms in total. The molecule has 2 aromatic heterocycles. The van der Waals surface area contributed by atoms with Gasteiger partial charge in [0.15, 0.2) is 0 Å². The number of nitrogens with one attached hydrogen (secondary N) is 1. The Morgan fingerprint density at radius 2 is 1.17 bits per heavy atom. The van der Waals surface area contributed by atoms with E-state index in [4.69, 9.17) is 31.4 Å². The van der Waals surface area contributed by atoms with Gasteiger partial charge in [-0.1, -0.05) is 88.4 Å². The highest BCUT2D eigenvalue weighted by molar-refractivity contribution is 7.99. The lowest BCUT2D eigenvalue weighted by Gasteiger charge is -2.52. The van der Waals surface area contributed by atoms with E-state index in [2.05, 4.69) is 106 Å². The molecule has 2 atom stereocenters. The molecule has 1 fully saturated rings. The van der Waals surface area contributed by atoms with Crippen LogP contribution in [0.4, 0.5) is 5.95 Å². The second kappa shape index (κ2) is 16.7. The highest BCUT2D eigenvalue weighted by Gasteiger charge is 2.54. The first-order valence-corrected chi connectivity index (χ1v) is 18.6. The molecule has 4 aromatic rings. The molecule has 244 valence electrons. The summed E-state index contributed by atoms with van der Waals surface area (Å²) in [6.07, 6.45) is 1.92. The van der Waals surface area contributed by atoms with Crippen molar-refractivity contribution in [2.24, 2.45) is 23.3 Å². The van der Waals surface area contributed by atoms with E-state index in [1.54, 1.807) is 23.5 Å². The van der Waals surface area contributed by atoms with E-state index in [0.29, 0.717) is 30.9 Å². The summed E-state index contributed by atoms with van der Waals surface area (Å²) in [6.45, 7) is 10.9. The summed E-state index contributed by atoms with van der Waals surface area (Å²) in [7, 11) is 0. The Labute approximate surface area is 283 Å². The first-order chi connectivity index (χ1) is 22.4. The lowest BCUT2D eigenvalue weighted by molar-refractivity contribution is 0.218. The molecule has 0 bridgehead atoms. The Morgan fingerprint density at radius 1 is 0.652 bits per heavy atom. The summed E-state index contributed by atoms with van der Waals surface area (Å²) < 4.78 is 0. The van der Waals surface area contributed by atoms with Crippen LogP contribution in [0.5, 0.6) is 0 Å². The Hall–Kier alpha value is -2.98. The normalized spacial score (nSPS) is 19.4. The second-order valence-corrected chi connectivity index (χ2v) is 15.1. The minimum Gasteiger partial charge on any atom is -0.354 e. The lowest BCUT2D eigenvalue weighted by Crippen LogP contribution is -2.41. The van der Waals surface area contributed by atoms with Crippen LogP contribution in [0, 0.1) is 11.8 Å². The maximum Gasteiger partial charge on any atom is 0.223 e. The van der Waals surface area contributed by atoms with E-state index >= 15 is 0 Å². The summed E-state index contributed by atoms with van der Waals surface area (Å²) in [5.74, 6) is 4.93. The highest BCUT2D eigenvalue weighted by Crippen LogP contribution is 2.66. The number of benzene rings is 2. The standard InChI is InChI=1S/C37H49N7S2/c1-24(2)15-16-30-41-28(21-31(43-30)45-19-17-38)35-33(26-11-7-5-8-12-26)36(34(35)27-13-9-6-10-14-27)29-22-32(46-20-18-39)44-37(42-29)40-23-25(3)4/h5-14,21-22,24-25,33-36H,15-20,23,38-39H2,1-4H3,(H,40,42,44)/t33-,34-,35?,36?/m1/s1. The van der Waals surface area contributed by atoms with Gasteiger partial charge in [-0.05, 0) is 41.5 Å². The number of thioether (sulfide) groups is 2. The molecule has 2 heterocycles. The smallest absolute Gasteiger partial charge is 0.223 e. The van der Waals surface area contributed by atoms with Crippen molar-refractivity contribution in [2.75, 3.05) is 36.5 Å². The molecular formula is C37H49N7S2. The summed E-state index contributed by atoms with van der Waals surface area (Å²) in [5, 5.41) is 5.49. The van der Waals surface area contributed by atoms with Crippen molar-refractivity contribution >= 4 is 29.5 Å². The molecular weight excluding hydrogens is 607 g/mol. The first kappa shape index (κ1) is 34.4. The van der Waals surface area contributed by atoms with E-state index in [1.165, 1.54) is 11.1 Å². The highest BCUT2D eigenvalue weighted by atomic mass is 32.2. The van der Waals surface area contributed by atoms with Crippen molar-refractivity contribution in [3.05, 3.63) is 101 Å². The molecule has 1 aliphatic carbocycles. The van der Waals surface area contributed by atoms with Gasteiger partial charge in [-0.2, -0.15) is 0 Å². The predicted octanol–water partition coefficient (Wildman–Crippen LogP) is 7.47. The van der Waals surface area contributed by atoms with Gasteiger partial charge in [-0.15, -0.1) is 23.5 Å². The third kappa shape index (κ3) is 8.68. The molecule has 1 aliphatic rings. The van der Waals surface area contributed by atoms with Crippen molar-refractivity contribution in [1.82, 2.24) is 19.9 Å². The van der Waals surface area contributed by atoms with Crippen molar-refractivity contribution in [3.8, 4) is 0 Å². The minimum absolute atomic E-state index is 0.129. The fourth-order valence-electron chi connectivity index (χ4n) is 6.32. The molecule has 5 N–H and O–H groups in total. The number of nitrogens with zero attached hydrogens (tertiary/aromatic N) is 4. The Morgan fingerprint density at radius 3 is 1.67 bits per heavy atom. The summed E-state index contributed by atoms with van der Waals surface area (Å²) in [5.41, 5.74) is 16.6. The van der Waals surface area contributed by atoms with Crippen LogP contribution >= 0.6 is 23.5 Å². The van der Waals surface area contributed by atoms with Gasteiger partial charge in [0.05, 0.1) is 5.69 Å². The van der Waals surface area contributed by atoms with Crippen molar-refractivity contribution in [2.45, 2.75) is 74.3 Å². The van der Waals surface area contributed by atoms with Gasteiger partial charge in [-0.25, -0.2) is 19.9 Å². The quantitative estimate of drug-likeness (QED) is 0.0835. The maximum absolute atomic E-state index is 5.93. The molecule has 0 radical (unpaired) electrons. The van der Waals surface area contributed by atoms with Gasteiger partial charge >= 0.3 is 0 Å². The minimum atomic E-state index is 0.129. The maximum atomic E-state index is 5.93. The van der Waals surface area contributed by atoms with Crippen LogP contribution in [0.1, 0.15) is 86.1 Å². The zero-order chi connectivity index (χ0) is 32.5. The van der Waals surface area contributed by atoms with Crippen LogP contribution in [0.2, 0.25) is 0 Å². The second-order valence-electron chi connectivity index (χ2n) is 12.9. The van der Waals surface area contributed by atoms with Crippen molar-refractivity contribution in [3.63, 3.8) is 0 Å². The van der Waals surface area contributed by atoms with E-state index in [1.807, 2.05) is 0 Å². The number of nitrogens with two attached hydrogens (primary N) is 2. The molecule has 1 saturated carbocycles. The summed E-state index contributed by atoms with van der Waals surface area (Å²) in [4.78, 5) is 20.4. The van der Waals surface area contributed by atoms with Gasteiger partial charge in [0, 0.05) is 66.9 Å². The zero-order valence-corrected chi connectivity index (χ0v) is 29.2. The molecule has 5 rings (SSSR count). The van der Waals surface area contributed by atoms with Gasteiger partial charge < -0.3 is 16.8 Å². The Bertz CT molecular complexity index is 1390. The molecule has 2 aromatic carbocycles. The van der Waals surface area contributed by atoms with E-state index < -0.39 is 0 Å². The van der Waals surface area contributed by atoms with Crippen LogP contribution < -0.4 is 16.8 Å². The fraction of sp³-hybridized carbons (Fsp3) is 0.459. The van der Waals surface area contributed by atoms with Gasteiger partial charge in [-0.3, -0.25) is 0 Å². The van der Waals surface area contributed by atoms with Crippen molar-refractivity contribution < 1.29 is 0 Å². The molecule has 0 unspecified atom stereocenters. The SMILES string of the molecule is CC(C)CCc1nc(SCCN)cc(C2[C@@H](c3ccccc3)C(c3cc(SCCN)nc(NCC(C)C)n3)[C@@H]2c2ccccc2)n1. The van der Waals surface area contributed by atoms with E-state index in [9.17, 15) is 0 Å². The molecule has 0 spiro atoms. The predicted molar refractivity (Wildman–Crippen MR) is 194 cm³/mol. The average molecular weight is 656 g/mol. The van der Waals surface area contributed by atoms with E-state index in [-0.39, 0.29) is 23.7 Å². The van der Waals surface area contributed by atoms with Gasteiger partial charge in [0.2, 0.25) is 5.95 Å². The van der Waals surface area contributed by atoms with Gasteiger partial charge in [0.1, 0.15) is 15.9 Å². The molecule has 46 heavy (non-hydrogen) atoms. The first-order valence-electron chi connectivity index (χ1n) is 16.6. The number of hydrogen-bond acceptors (Lipinski definition) is 9. The van der Waals surface area contributed by atoms with Crippen LogP contribution in [0.15, 0.2) is 82.8 Å². The molecule has 9 heteroatoms. The van der Waals surface area contributed by atoms with Crippen LogP contribution in [-0.4, -0.2) is 51.1 Å². The number of anilines is 1. The Balaban J connectivity index is 1.66. The number of rotatable bonds is 16. The third-order valence-electron chi connectivity index (χ3n) is 8.44. The monoisotopic (exact) mass is 655 g/mol. The average Bonchev–Trinajstić information content (AvgIpc) is 3.05.